The highest BCUT2D eigenvalue weighted by molar-refractivity contribution is 7.84. The highest BCUT2D eigenvalue weighted by Gasteiger charge is 2.52. The molecule has 16 heavy (non-hydrogen) atoms. The van der Waals surface area contributed by atoms with Crippen LogP contribution in [0.2, 0.25) is 0 Å². The lowest BCUT2D eigenvalue weighted by Gasteiger charge is -2.30. The van der Waals surface area contributed by atoms with E-state index in [1.54, 1.807) is 5.30 Å². The van der Waals surface area contributed by atoms with Crippen LogP contribution in [-0.2, 0) is 0 Å². The molecular weight excluding hydrogens is 326 g/mol. The van der Waals surface area contributed by atoms with Crippen LogP contribution in [0.4, 0.5) is 0 Å². The molecule has 1 aromatic carbocycles. The predicted octanol–water partition coefficient (Wildman–Crippen LogP) is 0.924. The van der Waals surface area contributed by atoms with Gasteiger partial charge in [0.25, 0.3) is 0 Å². The summed E-state index contributed by atoms with van der Waals surface area (Å²) in [6, 6.07) is 11.3. The van der Waals surface area contributed by atoms with Gasteiger partial charge in [0, 0.05) is 0 Å². The van der Waals surface area contributed by atoms with Gasteiger partial charge in [0.15, 0.2) is 0 Å². The van der Waals surface area contributed by atoms with Gasteiger partial charge in [0.1, 0.15) is 0 Å². The second-order valence-corrected chi connectivity index (χ2v) is 9.63. The molecule has 0 unspecified atom stereocenters. The van der Waals surface area contributed by atoms with Gasteiger partial charge in [-0.05, 0) is 45.7 Å². The fraction of sp³-hybridized carbons (Fsp3) is 0.571. The third-order valence-corrected chi connectivity index (χ3v) is 10.3. The molecule has 1 aliphatic heterocycles. The van der Waals surface area contributed by atoms with Crippen LogP contribution in [0, 0.1) is 0 Å². The summed E-state index contributed by atoms with van der Waals surface area (Å²) in [7, 11) is -0.862. The molecule has 0 N–H and O–H groups in total. The van der Waals surface area contributed by atoms with Crippen LogP contribution in [0.15, 0.2) is 30.3 Å². The summed E-state index contributed by atoms with van der Waals surface area (Å²) >= 11 is 0. The number of benzene rings is 1. The Morgan fingerprint density at radius 2 is 1.56 bits per heavy atom. The predicted molar refractivity (Wildman–Crippen MR) is 71.7 cm³/mol. The Balaban J connectivity index is 0.00000128. The van der Waals surface area contributed by atoms with Crippen LogP contribution in [0.25, 0.3) is 0 Å². The van der Waals surface area contributed by atoms with E-state index >= 15 is 0 Å². The van der Waals surface area contributed by atoms with Crippen molar-refractivity contribution in [1.29, 1.82) is 0 Å². The van der Waals surface area contributed by atoms with Crippen molar-refractivity contribution < 1.29 is 24.0 Å². The third kappa shape index (κ3) is 2.18. The van der Waals surface area contributed by atoms with Gasteiger partial charge in [0.05, 0.1) is 30.0 Å². The van der Waals surface area contributed by atoms with Crippen molar-refractivity contribution in [2.24, 2.45) is 0 Å². The molecule has 1 saturated heterocycles. The minimum Gasteiger partial charge on any atom is -1.00 e. The summed E-state index contributed by atoms with van der Waals surface area (Å²) in [5.41, 5.74) is 1.89. The molecule has 0 bridgehead atoms. The second kappa shape index (κ2) is 5.82. The molecule has 0 aliphatic carbocycles. The van der Waals surface area contributed by atoms with E-state index in [1.807, 2.05) is 0 Å². The molecule has 1 fully saturated rings. The van der Waals surface area contributed by atoms with Crippen LogP contribution in [0.3, 0.4) is 0 Å². The van der Waals surface area contributed by atoms with Crippen molar-refractivity contribution in [3.05, 3.63) is 30.3 Å². The molecule has 0 nitrogen and oxygen atoms in total. The quantitative estimate of drug-likeness (QED) is 0.551. The van der Waals surface area contributed by atoms with Crippen molar-refractivity contribution in [3.8, 4) is 0 Å². The van der Waals surface area contributed by atoms with Crippen molar-refractivity contribution in [2.75, 3.05) is 6.16 Å². The molecule has 1 aliphatic rings. The average Bonchev–Trinajstić information content (AvgIpc) is 2.57. The molecule has 0 saturated carbocycles. The SMILES string of the molecule is CC[P+]1(c2ccccc2)[C@@H](C)CC[C@@H]1C.[I-]. The topological polar surface area (TPSA) is 0 Å². The normalized spacial score (nSPS) is 27.4. The molecule has 0 aromatic heterocycles. The van der Waals surface area contributed by atoms with Gasteiger partial charge in [-0.1, -0.05) is 18.2 Å². The summed E-state index contributed by atoms with van der Waals surface area (Å²) in [4.78, 5) is 0. The monoisotopic (exact) mass is 348 g/mol. The first-order chi connectivity index (χ1) is 7.21. The number of hydrogen-bond donors (Lipinski definition) is 0. The number of rotatable bonds is 2. The van der Waals surface area contributed by atoms with E-state index in [0.29, 0.717) is 0 Å². The minimum absolute atomic E-state index is 0. The van der Waals surface area contributed by atoms with E-state index in [9.17, 15) is 0 Å². The van der Waals surface area contributed by atoms with Gasteiger partial charge in [-0.25, -0.2) is 0 Å². The first-order valence-electron chi connectivity index (χ1n) is 6.15. The molecule has 2 rings (SSSR count). The Morgan fingerprint density at radius 3 is 2.00 bits per heavy atom. The molecule has 0 amide bonds. The summed E-state index contributed by atoms with van der Waals surface area (Å²) in [6.45, 7) is 7.36. The first-order valence-corrected chi connectivity index (χ1v) is 8.26. The van der Waals surface area contributed by atoms with Crippen molar-refractivity contribution >= 4 is 12.6 Å². The molecule has 1 aromatic rings. The van der Waals surface area contributed by atoms with Gasteiger partial charge >= 0.3 is 0 Å². The zero-order valence-electron chi connectivity index (χ0n) is 10.5. The van der Waals surface area contributed by atoms with E-state index in [0.717, 1.165) is 11.3 Å². The lowest BCUT2D eigenvalue weighted by atomic mass is 10.2. The highest BCUT2D eigenvalue weighted by Crippen LogP contribution is 2.71. The van der Waals surface area contributed by atoms with Crippen molar-refractivity contribution in [3.63, 3.8) is 0 Å². The smallest absolute Gasteiger partial charge is 0.0944 e. The largest absolute Gasteiger partial charge is 1.00 e. The van der Waals surface area contributed by atoms with Gasteiger partial charge in [-0.3, -0.25) is 0 Å². The molecule has 0 radical (unpaired) electrons. The van der Waals surface area contributed by atoms with E-state index in [1.165, 1.54) is 19.0 Å². The second-order valence-electron chi connectivity index (χ2n) is 4.86. The Kier molecular flexibility index (Phi) is 5.25. The van der Waals surface area contributed by atoms with Gasteiger partial charge in [0.2, 0.25) is 0 Å². The maximum Gasteiger partial charge on any atom is 0.0944 e. The molecule has 2 atom stereocenters. The standard InChI is InChI=1S/C14H22P.HI/c1-4-15(12(2)10-11-13(15)3)14-8-6-5-7-9-14;/h5-9,12-13H,4,10-11H2,1-3H3;1H/q+1;/p-1/t12-,13-;/m0./s1. The lowest BCUT2D eigenvalue weighted by Crippen LogP contribution is -3.00. The van der Waals surface area contributed by atoms with Gasteiger partial charge in [-0.2, -0.15) is 0 Å². The summed E-state index contributed by atoms with van der Waals surface area (Å²) in [5, 5.41) is 1.67. The minimum atomic E-state index is -0.862. The average molecular weight is 348 g/mol. The zero-order valence-corrected chi connectivity index (χ0v) is 13.5. The van der Waals surface area contributed by atoms with Crippen LogP contribution in [0.5, 0.6) is 0 Å². The zero-order chi connectivity index (χ0) is 10.9. The van der Waals surface area contributed by atoms with Gasteiger partial charge < -0.3 is 24.0 Å². The molecule has 1 heterocycles. The van der Waals surface area contributed by atoms with E-state index < -0.39 is 7.26 Å². The molecule has 2 heteroatoms. The summed E-state index contributed by atoms with van der Waals surface area (Å²) in [5.74, 6) is 0. The fourth-order valence-electron chi connectivity index (χ4n) is 3.40. The number of hydrogen-bond acceptors (Lipinski definition) is 0. The molecular formula is C14H22IP. The molecule has 0 spiro atoms. The number of halogens is 1. The Morgan fingerprint density at radius 1 is 1.06 bits per heavy atom. The van der Waals surface area contributed by atoms with Crippen LogP contribution < -0.4 is 29.3 Å². The van der Waals surface area contributed by atoms with Crippen LogP contribution >= 0.6 is 7.26 Å². The Labute approximate surface area is 118 Å². The van der Waals surface area contributed by atoms with E-state index in [4.69, 9.17) is 0 Å². The first kappa shape index (κ1) is 14.4. The van der Waals surface area contributed by atoms with E-state index in [-0.39, 0.29) is 24.0 Å². The maximum atomic E-state index is 2.48. The van der Waals surface area contributed by atoms with Gasteiger partial charge in [-0.15, -0.1) is 0 Å². The lowest BCUT2D eigenvalue weighted by molar-refractivity contribution is -0.00000321. The maximum absolute atomic E-state index is 2.48. The Bertz CT molecular complexity index is 313. The van der Waals surface area contributed by atoms with Crippen molar-refractivity contribution in [2.45, 2.75) is 44.9 Å². The summed E-state index contributed by atoms with van der Waals surface area (Å²) in [6.07, 6.45) is 4.27. The fourth-order valence-corrected chi connectivity index (χ4v) is 8.84. The Hall–Kier alpha value is 0.380. The highest BCUT2D eigenvalue weighted by atomic mass is 127. The summed E-state index contributed by atoms with van der Waals surface area (Å²) < 4.78 is 0. The van der Waals surface area contributed by atoms with Crippen LogP contribution in [-0.4, -0.2) is 17.5 Å². The van der Waals surface area contributed by atoms with Crippen molar-refractivity contribution in [1.82, 2.24) is 0 Å². The third-order valence-electron chi connectivity index (χ3n) is 4.34. The van der Waals surface area contributed by atoms with Crippen LogP contribution in [0.1, 0.15) is 33.6 Å². The molecule has 90 valence electrons. The van der Waals surface area contributed by atoms with E-state index in [2.05, 4.69) is 51.1 Å².